The van der Waals surface area contributed by atoms with Gasteiger partial charge in [-0.15, -0.1) is 0 Å². The average molecular weight is 241 g/mol. The summed E-state index contributed by atoms with van der Waals surface area (Å²) >= 11 is 0. The van der Waals surface area contributed by atoms with E-state index in [2.05, 4.69) is 15.3 Å². The lowest BCUT2D eigenvalue weighted by Crippen LogP contribution is -2.28. The summed E-state index contributed by atoms with van der Waals surface area (Å²) in [5.41, 5.74) is 1.69. The third-order valence-corrected chi connectivity index (χ3v) is 2.76. The van der Waals surface area contributed by atoms with Crippen LogP contribution in [-0.2, 0) is 0 Å². The highest BCUT2D eigenvalue weighted by Gasteiger charge is 2.13. The summed E-state index contributed by atoms with van der Waals surface area (Å²) in [6.07, 6.45) is 7.53. The third kappa shape index (κ3) is 2.91. The second-order valence-electron chi connectivity index (χ2n) is 3.95. The number of rotatable bonds is 4. The molecule has 0 saturated heterocycles. The molecule has 0 aliphatic rings. The Kier molecular flexibility index (Phi) is 4.02. The van der Waals surface area contributed by atoms with Crippen LogP contribution in [-0.4, -0.2) is 15.9 Å². The molecule has 0 spiro atoms. The molecule has 0 fully saturated rings. The first-order valence-corrected chi connectivity index (χ1v) is 5.92. The second kappa shape index (κ2) is 5.91. The van der Waals surface area contributed by atoms with Crippen LogP contribution in [0, 0.1) is 0 Å². The zero-order valence-corrected chi connectivity index (χ0v) is 10.2. The van der Waals surface area contributed by atoms with Crippen LogP contribution in [0.25, 0.3) is 0 Å². The average Bonchev–Trinajstić information content (AvgIpc) is 2.46. The summed E-state index contributed by atoms with van der Waals surface area (Å²) in [5, 5.41) is 3.00. The maximum atomic E-state index is 12.0. The van der Waals surface area contributed by atoms with E-state index < -0.39 is 0 Å². The smallest absolute Gasteiger partial charge is 0.251 e. The minimum atomic E-state index is -0.0823. The fourth-order valence-electron chi connectivity index (χ4n) is 1.76. The van der Waals surface area contributed by atoms with Crippen molar-refractivity contribution in [2.24, 2.45) is 0 Å². The third-order valence-electron chi connectivity index (χ3n) is 2.76. The molecule has 0 aliphatic carbocycles. The molecule has 18 heavy (non-hydrogen) atoms. The fraction of sp³-hybridized carbons (Fsp3) is 0.214. The van der Waals surface area contributed by atoms with Crippen molar-refractivity contribution in [1.82, 2.24) is 15.3 Å². The summed E-state index contributed by atoms with van der Waals surface area (Å²) < 4.78 is 0. The molecule has 0 radical (unpaired) electrons. The number of carbonyl (C=O) groups is 1. The first-order valence-electron chi connectivity index (χ1n) is 5.92. The quantitative estimate of drug-likeness (QED) is 0.894. The molecule has 2 aromatic heterocycles. The molecule has 0 aromatic carbocycles. The molecule has 2 rings (SSSR count). The van der Waals surface area contributed by atoms with Gasteiger partial charge in [0.15, 0.2) is 0 Å². The molecule has 1 atom stereocenters. The van der Waals surface area contributed by atoms with Gasteiger partial charge in [-0.05, 0) is 36.2 Å². The number of amides is 1. The molecule has 4 heteroatoms. The van der Waals surface area contributed by atoms with E-state index >= 15 is 0 Å². The van der Waals surface area contributed by atoms with Gasteiger partial charge in [0.2, 0.25) is 0 Å². The van der Waals surface area contributed by atoms with Gasteiger partial charge in [0, 0.05) is 30.4 Å². The molecule has 4 nitrogen and oxygen atoms in total. The molecule has 1 N–H and O–H groups in total. The SMILES string of the molecule is CC[C@H](NC(=O)c1ccncc1)c1ccncc1. The zero-order valence-electron chi connectivity index (χ0n) is 10.2. The van der Waals surface area contributed by atoms with Crippen molar-refractivity contribution >= 4 is 5.91 Å². The number of pyridine rings is 2. The molecule has 0 bridgehead atoms. The van der Waals surface area contributed by atoms with E-state index in [1.165, 1.54) is 0 Å². The molecular formula is C14H15N3O. The summed E-state index contributed by atoms with van der Waals surface area (Å²) in [7, 11) is 0. The minimum Gasteiger partial charge on any atom is -0.345 e. The van der Waals surface area contributed by atoms with Crippen molar-refractivity contribution < 1.29 is 4.79 Å². The number of nitrogens with one attached hydrogen (secondary N) is 1. The Labute approximate surface area is 106 Å². The lowest BCUT2D eigenvalue weighted by Gasteiger charge is -2.17. The van der Waals surface area contributed by atoms with E-state index in [-0.39, 0.29) is 11.9 Å². The van der Waals surface area contributed by atoms with Crippen LogP contribution in [0.15, 0.2) is 49.1 Å². The molecule has 0 aliphatic heterocycles. The van der Waals surface area contributed by atoms with Crippen molar-refractivity contribution in [1.29, 1.82) is 0 Å². The van der Waals surface area contributed by atoms with E-state index in [0.29, 0.717) is 5.56 Å². The highest BCUT2D eigenvalue weighted by atomic mass is 16.1. The van der Waals surface area contributed by atoms with Gasteiger partial charge in [-0.25, -0.2) is 0 Å². The summed E-state index contributed by atoms with van der Waals surface area (Å²) in [6.45, 7) is 2.04. The van der Waals surface area contributed by atoms with Gasteiger partial charge in [0.05, 0.1) is 6.04 Å². The van der Waals surface area contributed by atoms with Gasteiger partial charge < -0.3 is 5.32 Å². The highest BCUT2D eigenvalue weighted by Crippen LogP contribution is 2.15. The van der Waals surface area contributed by atoms with Crippen LogP contribution in [0.4, 0.5) is 0 Å². The molecule has 1 amide bonds. The Bertz CT molecular complexity index is 499. The Balaban J connectivity index is 2.10. The van der Waals surface area contributed by atoms with Crippen LogP contribution in [0.1, 0.15) is 35.3 Å². The lowest BCUT2D eigenvalue weighted by molar-refractivity contribution is 0.0935. The van der Waals surface area contributed by atoms with Crippen LogP contribution >= 0.6 is 0 Å². The molecule has 92 valence electrons. The Morgan fingerprint density at radius 1 is 1.11 bits per heavy atom. The normalized spacial score (nSPS) is 11.8. The van der Waals surface area contributed by atoms with E-state index in [9.17, 15) is 4.79 Å². The summed E-state index contributed by atoms with van der Waals surface area (Å²) in [5.74, 6) is -0.0823. The number of carbonyl (C=O) groups excluding carboxylic acids is 1. The maximum Gasteiger partial charge on any atom is 0.251 e. The minimum absolute atomic E-state index is 0.00802. The van der Waals surface area contributed by atoms with Crippen molar-refractivity contribution in [2.45, 2.75) is 19.4 Å². The summed E-state index contributed by atoms with van der Waals surface area (Å²) in [4.78, 5) is 19.9. The number of hydrogen-bond donors (Lipinski definition) is 1. The van der Waals surface area contributed by atoms with Crippen molar-refractivity contribution in [3.63, 3.8) is 0 Å². The van der Waals surface area contributed by atoms with Crippen LogP contribution in [0.2, 0.25) is 0 Å². The first-order chi connectivity index (χ1) is 8.81. The Morgan fingerprint density at radius 2 is 1.67 bits per heavy atom. The van der Waals surface area contributed by atoms with E-state index in [0.717, 1.165) is 12.0 Å². The lowest BCUT2D eigenvalue weighted by atomic mass is 10.1. The van der Waals surface area contributed by atoms with E-state index in [1.54, 1.807) is 36.9 Å². The molecular weight excluding hydrogens is 226 g/mol. The molecule has 2 aromatic rings. The first kappa shape index (κ1) is 12.2. The second-order valence-corrected chi connectivity index (χ2v) is 3.95. The van der Waals surface area contributed by atoms with Gasteiger partial charge in [-0.3, -0.25) is 14.8 Å². The molecule has 0 unspecified atom stereocenters. The van der Waals surface area contributed by atoms with E-state index in [1.807, 2.05) is 19.1 Å². The topological polar surface area (TPSA) is 54.9 Å². The van der Waals surface area contributed by atoms with Gasteiger partial charge in [0.25, 0.3) is 5.91 Å². The van der Waals surface area contributed by atoms with Crippen LogP contribution < -0.4 is 5.32 Å². The van der Waals surface area contributed by atoms with Crippen molar-refractivity contribution in [3.8, 4) is 0 Å². The molecule has 0 saturated carbocycles. The van der Waals surface area contributed by atoms with Gasteiger partial charge in [0.1, 0.15) is 0 Å². The predicted molar refractivity (Wildman–Crippen MR) is 69.0 cm³/mol. The van der Waals surface area contributed by atoms with Crippen LogP contribution in [0.5, 0.6) is 0 Å². The number of hydrogen-bond acceptors (Lipinski definition) is 3. The fourth-order valence-corrected chi connectivity index (χ4v) is 1.76. The van der Waals surface area contributed by atoms with E-state index in [4.69, 9.17) is 0 Å². The van der Waals surface area contributed by atoms with Crippen molar-refractivity contribution in [2.75, 3.05) is 0 Å². The van der Waals surface area contributed by atoms with Gasteiger partial charge in [-0.2, -0.15) is 0 Å². The van der Waals surface area contributed by atoms with Crippen molar-refractivity contribution in [3.05, 3.63) is 60.2 Å². The number of nitrogens with zero attached hydrogens (tertiary/aromatic N) is 2. The monoisotopic (exact) mass is 241 g/mol. The standard InChI is InChI=1S/C14H15N3O/c1-2-13(11-3-7-15-8-4-11)17-14(18)12-5-9-16-10-6-12/h3-10,13H,2H2,1H3,(H,17,18)/t13-/m0/s1. The maximum absolute atomic E-state index is 12.0. The van der Waals surface area contributed by atoms with Gasteiger partial charge >= 0.3 is 0 Å². The van der Waals surface area contributed by atoms with Crippen LogP contribution in [0.3, 0.4) is 0 Å². The van der Waals surface area contributed by atoms with Gasteiger partial charge in [-0.1, -0.05) is 6.92 Å². The Morgan fingerprint density at radius 3 is 2.22 bits per heavy atom. The summed E-state index contributed by atoms with van der Waals surface area (Å²) in [6, 6.07) is 7.25. The predicted octanol–water partition coefficient (Wildman–Crippen LogP) is 2.36. The Hall–Kier alpha value is -2.23. The zero-order chi connectivity index (χ0) is 12.8. The largest absolute Gasteiger partial charge is 0.345 e. The number of aromatic nitrogens is 2. The molecule has 2 heterocycles. The highest BCUT2D eigenvalue weighted by molar-refractivity contribution is 5.94.